The van der Waals surface area contributed by atoms with Crippen molar-refractivity contribution in [3.8, 4) is 5.88 Å². The Bertz CT molecular complexity index is 854. The average molecular weight is 306 g/mol. The number of nitrogens with zero attached hydrogens (tertiary/aromatic N) is 2. The van der Waals surface area contributed by atoms with Crippen molar-refractivity contribution in [2.24, 2.45) is 5.92 Å². The molecule has 1 aliphatic carbocycles. The first kappa shape index (κ1) is 14.4. The Morgan fingerprint density at radius 2 is 2.14 bits per heavy atom. The second kappa shape index (κ2) is 5.04. The predicted octanol–water partition coefficient (Wildman–Crippen LogP) is 0.0431. The monoisotopic (exact) mass is 306 g/mol. The standard InChI is InChI=1S/C14H18N4O4/c1-7(2)6-17-10-5-9(19)16-18(10)14(22)11(13(17)21)12(20)15-8-3-4-8/h5,7-8,21H,3-4,6H2,1-2H3,(H,15,20)(H,16,19). The van der Waals surface area contributed by atoms with E-state index in [4.69, 9.17) is 0 Å². The van der Waals surface area contributed by atoms with Gasteiger partial charge in [0.1, 0.15) is 5.65 Å². The van der Waals surface area contributed by atoms with Gasteiger partial charge in [-0.1, -0.05) is 13.8 Å². The maximum Gasteiger partial charge on any atom is 0.289 e. The molecule has 0 aromatic carbocycles. The van der Waals surface area contributed by atoms with Crippen LogP contribution >= 0.6 is 0 Å². The third-order valence-corrected chi connectivity index (χ3v) is 3.57. The van der Waals surface area contributed by atoms with Gasteiger partial charge in [-0.05, 0) is 18.8 Å². The number of fused-ring (bicyclic) bond motifs is 1. The van der Waals surface area contributed by atoms with Crippen molar-refractivity contribution in [1.82, 2.24) is 19.5 Å². The van der Waals surface area contributed by atoms with Crippen molar-refractivity contribution in [3.05, 3.63) is 32.3 Å². The molecule has 0 spiro atoms. The molecular weight excluding hydrogens is 288 g/mol. The number of hydrogen-bond donors (Lipinski definition) is 3. The molecule has 0 radical (unpaired) electrons. The zero-order valence-electron chi connectivity index (χ0n) is 12.4. The Labute approximate surface area is 125 Å². The number of nitrogens with one attached hydrogen (secondary N) is 2. The number of H-pyrrole nitrogens is 1. The highest BCUT2D eigenvalue weighted by Gasteiger charge is 2.29. The molecule has 22 heavy (non-hydrogen) atoms. The van der Waals surface area contributed by atoms with E-state index < -0.39 is 22.9 Å². The zero-order chi connectivity index (χ0) is 16.0. The fraction of sp³-hybridized carbons (Fsp3) is 0.500. The Kier molecular flexibility index (Phi) is 3.31. The fourth-order valence-corrected chi connectivity index (χ4v) is 2.41. The van der Waals surface area contributed by atoms with Gasteiger partial charge in [0.25, 0.3) is 17.0 Å². The van der Waals surface area contributed by atoms with Gasteiger partial charge in [0.15, 0.2) is 5.56 Å². The van der Waals surface area contributed by atoms with E-state index in [0.29, 0.717) is 6.54 Å². The minimum absolute atomic E-state index is 0.0595. The Balaban J connectivity index is 2.24. The van der Waals surface area contributed by atoms with Crippen molar-refractivity contribution in [3.63, 3.8) is 0 Å². The Morgan fingerprint density at radius 3 is 2.73 bits per heavy atom. The lowest BCUT2D eigenvalue weighted by Crippen LogP contribution is -2.34. The summed E-state index contributed by atoms with van der Waals surface area (Å²) in [5.74, 6) is -0.864. The quantitative estimate of drug-likeness (QED) is 0.741. The highest BCUT2D eigenvalue weighted by Crippen LogP contribution is 2.22. The third kappa shape index (κ3) is 2.40. The number of hydrogen-bond acceptors (Lipinski definition) is 4. The molecule has 0 unspecified atom stereocenters. The van der Waals surface area contributed by atoms with Crippen LogP contribution in [-0.2, 0) is 6.54 Å². The topological polar surface area (TPSA) is 109 Å². The largest absolute Gasteiger partial charge is 0.494 e. The lowest BCUT2D eigenvalue weighted by Gasteiger charge is -2.16. The van der Waals surface area contributed by atoms with Crippen molar-refractivity contribution in [2.45, 2.75) is 39.3 Å². The molecule has 0 aliphatic heterocycles. The molecular formula is C14H18N4O4. The van der Waals surface area contributed by atoms with Crippen LogP contribution in [0.5, 0.6) is 5.88 Å². The van der Waals surface area contributed by atoms with E-state index in [1.165, 1.54) is 10.6 Å². The molecule has 1 amide bonds. The number of carbonyl (C=O) groups excluding carboxylic acids is 1. The molecule has 8 heteroatoms. The highest BCUT2D eigenvalue weighted by molar-refractivity contribution is 5.96. The summed E-state index contributed by atoms with van der Waals surface area (Å²) in [6.07, 6.45) is 1.74. The molecule has 8 nitrogen and oxygen atoms in total. The second-order valence-corrected chi connectivity index (χ2v) is 6.07. The summed E-state index contributed by atoms with van der Waals surface area (Å²) in [5, 5.41) is 15.5. The van der Waals surface area contributed by atoms with Crippen LogP contribution in [0.1, 0.15) is 37.0 Å². The van der Waals surface area contributed by atoms with E-state index >= 15 is 0 Å². The van der Waals surface area contributed by atoms with Crippen LogP contribution < -0.4 is 16.4 Å². The first-order valence-corrected chi connectivity index (χ1v) is 7.27. The van der Waals surface area contributed by atoms with Crippen molar-refractivity contribution < 1.29 is 9.90 Å². The fourth-order valence-electron chi connectivity index (χ4n) is 2.41. The van der Waals surface area contributed by atoms with Gasteiger partial charge in [-0.2, -0.15) is 4.52 Å². The number of rotatable bonds is 4. The van der Waals surface area contributed by atoms with Crippen molar-refractivity contribution in [2.75, 3.05) is 0 Å². The minimum Gasteiger partial charge on any atom is -0.494 e. The van der Waals surface area contributed by atoms with Crippen LogP contribution in [0.25, 0.3) is 5.65 Å². The summed E-state index contributed by atoms with van der Waals surface area (Å²) >= 11 is 0. The van der Waals surface area contributed by atoms with Gasteiger partial charge < -0.3 is 10.4 Å². The molecule has 0 atom stereocenters. The van der Waals surface area contributed by atoms with Crippen LogP contribution in [0.4, 0.5) is 0 Å². The number of amides is 1. The number of aromatic amines is 1. The van der Waals surface area contributed by atoms with Gasteiger partial charge in [-0.15, -0.1) is 0 Å². The van der Waals surface area contributed by atoms with E-state index in [1.54, 1.807) is 0 Å². The van der Waals surface area contributed by atoms with Crippen LogP contribution in [0.15, 0.2) is 15.7 Å². The van der Waals surface area contributed by atoms with Gasteiger partial charge in [-0.3, -0.25) is 24.0 Å². The molecule has 118 valence electrons. The van der Waals surface area contributed by atoms with Crippen LogP contribution in [-0.4, -0.2) is 31.2 Å². The van der Waals surface area contributed by atoms with Gasteiger partial charge in [-0.25, -0.2) is 0 Å². The molecule has 0 bridgehead atoms. The van der Waals surface area contributed by atoms with E-state index in [1.807, 2.05) is 13.8 Å². The van der Waals surface area contributed by atoms with Crippen molar-refractivity contribution >= 4 is 11.6 Å². The molecule has 3 rings (SSSR count). The predicted molar refractivity (Wildman–Crippen MR) is 79.3 cm³/mol. The lowest BCUT2D eigenvalue weighted by atomic mass is 10.2. The van der Waals surface area contributed by atoms with Gasteiger partial charge >= 0.3 is 0 Å². The molecule has 1 saturated carbocycles. The van der Waals surface area contributed by atoms with Gasteiger partial charge in [0, 0.05) is 18.7 Å². The summed E-state index contributed by atoms with van der Waals surface area (Å²) in [6, 6.07) is 1.29. The van der Waals surface area contributed by atoms with E-state index in [2.05, 4.69) is 10.4 Å². The molecule has 3 N–H and O–H groups in total. The summed E-state index contributed by atoms with van der Waals surface area (Å²) in [6.45, 7) is 4.24. The lowest BCUT2D eigenvalue weighted by molar-refractivity contribution is 0.0944. The summed E-state index contributed by atoms with van der Waals surface area (Å²) < 4.78 is 2.41. The molecule has 1 aliphatic rings. The Morgan fingerprint density at radius 1 is 1.45 bits per heavy atom. The van der Waals surface area contributed by atoms with Crippen LogP contribution in [0.3, 0.4) is 0 Å². The molecule has 2 aromatic heterocycles. The molecule has 0 saturated heterocycles. The van der Waals surface area contributed by atoms with Crippen LogP contribution in [0.2, 0.25) is 0 Å². The normalized spacial score (nSPS) is 14.7. The van der Waals surface area contributed by atoms with Gasteiger partial charge in [0.05, 0.1) is 0 Å². The zero-order valence-corrected chi connectivity index (χ0v) is 12.4. The summed E-state index contributed by atoms with van der Waals surface area (Å²) in [7, 11) is 0. The maximum absolute atomic E-state index is 12.4. The number of carbonyl (C=O) groups is 1. The smallest absolute Gasteiger partial charge is 0.289 e. The summed E-state index contributed by atoms with van der Waals surface area (Å²) in [5.41, 5.74) is -1.29. The van der Waals surface area contributed by atoms with Crippen LogP contribution in [0, 0.1) is 5.92 Å². The third-order valence-electron chi connectivity index (χ3n) is 3.57. The first-order valence-electron chi connectivity index (χ1n) is 7.27. The van der Waals surface area contributed by atoms with E-state index in [-0.39, 0.29) is 23.2 Å². The van der Waals surface area contributed by atoms with E-state index in [9.17, 15) is 19.5 Å². The maximum atomic E-state index is 12.4. The highest BCUT2D eigenvalue weighted by atomic mass is 16.3. The van der Waals surface area contributed by atoms with Crippen molar-refractivity contribution in [1.29, 1.82) is 0 Å². The molecule has 2 aromatic rings. The molecule has 1 fully saturated rings. The van der Waals surface area contributed by atoms with Gasteiger partial charge in [0.2, 0.25) is 5.88 Å². The number of aromatic nitrogens is 3. The minimum atomic E-state index is -0.729. The average Bonchev–Trinajstić information content (AvgIpc) is 3.14. The Hall–Kier alpha value is -2.51. The summed E-state index contributed by atoms with van der Waals surface area (Å²) in [4.78, 5) is 36.2. The van der Waals surface area contributed by atoms with E-state index in [0.717, 1.165) is 17.4 Å². The second-order valence-electron chi connectivity index (χ2n) is 6.07. The molecule has 2 heterocycles. The first-order chi connectivity index (χ1) is 10.4. The number of aromatic hydroxyl groups is 1. The SMILES string of the molecule is CC(C)Cn1c(O)c(C(=O)NC2CC2)c(=O)n2[nH]c(=O)cc12.